The van der Waals surface area contributed by atoms with Crippen molar-refractivity contribution in [1.82, 2.24) is 15.0 Å². The molecule has 2 aromatic heterocycles. The number of aromatic amines is 1. The van der Waals surface area contributed by atoms with E-state index in [1.165, 1.54) is 6.07 Å². The van der Waals surface area contributed by atoms with Gasteiger partial charge < -0.3 is 4.98 Å². The van der Waals surface area contributed by atoms with Crippen LogP contribution < -0.4 is 0 Å². The fourth-order valence-electron chi connectivity index (χ4n) is 1.79. The van der Waals surface area contributed by atoms with Crippen molar-refractivity contribution >= 4 is 33.7 Å². The Balaban J connectivity index is 2.05. The van der Waals surface area contributed by atoms with Gasteiger partial charge in [0.1, 0.15) is 11.3 Å². The highest BCUT2D eigenvalue weighted by atomic mass is 35.5. The van der Waals surface area contributed by atoms with Crippen molar-refractivity contribution in [3.63, 3.8) is 0 Å². The number of benzene rings is 1. The fourth-order valence-corrected chi connectivity index (χ4v) is 2.00. The molecule has 3 rings (SSSR count). The normalized spacial score (nSPS) is 12.0. The van der Waals surface area contributed by atoms with Crippen LogP contribution in [-0.4, -0.2) is 15.0 Å². The molecular weight excluding hydrogens is 265 g/mol. The molecule has 2 heterocycles. The van der Waals surface area contributed by atoms with Crippen LogP contribution in [-0.2, 0) is 0 Å². The number of hydrogen-bond acceptors (Lipinski definition) is 2. The van der Waals surface area contributed by atoms with E-state index >= 15 is 0 Å². The first kappa shape index (κ1) is 11.9. The molecule has 3 aromatic rings. The van der Waals surface area contributed by atoms with Crippen LogP contribution in [0.4, 0.5) is 4.39 Å². The van der Waals surface area contributed by atoms with Crippen LogP contribution in [0.5, 0.6) is 0 Å². The number of imidazole rings is 1. The van der Waals surface area contributed by atoms with Crippen molar-refractivity contribution in [2.45, 2.75) is 0 Å². The van der Waals surface area contributed by atoms with Crippen LogP contribution >= 0.6 is 11.6 Å². The molecule has 0 atom stereocenters. The molecule has 19 heavy (non-hydrogen) atoms. The van der Waals surface area contributed by atoms with E-state index in [-0.39, 0.29) is 11.3 Å². The van der Waals surface area contributed by atoms with Gasteiger partial charge in [-0.15, -0.1) is 0 Å². The summed E-state index contributed by atoms with van der Waals surface area (Å²) < 4.78 is 13.5. The average molecular weight is 274 g/mol. The van der Waals surface area contributed by atoms with Gasteiger partial charge in [0.2, 0.25) is 0 Å². The maximum Gasteiger partial charge on any atom is 0.151 e. The van der Waals surface area contributed by atoms with Crippen molar-refractivity contribution in [3.05, 3.63) is 59.9 Å². The molecule has 0 aliphatic rings. The van der Waals surface area contributed by atoms with E-state index in [0.29, 0.717) is 16.4 Å². The SMILES string of the molecule is Fc1cccc2[nH]c(/C(Cl)=C/c3cccnc3)nc12. The van der Waals surface area contributed by atoms with Gasteiger partial charge in [-0.3, -0.25) is 4.98 Å². The molecule has 0 spiro atoms. The Morgan fingerprint density at radius 3 is 2.89 bits per heavy atom. The monoisotopic (exact) mass is 273 g/mol. The van der Waals surface area contributed by atoms with Crippen LogP contribution in [0.3, 0.4) is 0 Å². The first-order chi connectivity index (χ1) is 9.24. The third-order valence-corrected chi connectivity index (χ3v) is 2.96. The summed E-state index contributed by atoms with van der Waals surface area (Å²) in [7, 11) is 0. The summed E-state index contributed by atoms with van der Waals surface area (Å²) in [6, 6.07) is 8.43. The van der Waals surface area contributed by atoms with E-state index in [0.717, 1.165) is 5.56 Å². The third kappa shape index (κ3) is 2.35. The van der Waals surface area contributed by atoms with E-state index in [9.17, 15) is 4.39 Å². The Morgan fingerprint density at radius 1 is 1.26 bits per heavy atom. The van der Waals surface area contributed by atoms with E-state index in [1.54, 1.807) is 30.6 Å². The fraction of sp³-hybridized carbons (Fsp3) is 0. The van der Waals surface area contributed by atoms with Crippen LogP contribution in [0.2, 0.25) is 0 Å². The number of aromatic nitrogens is 3. The lowest BCUT2D eigenvalue weighted by atomic mass is 10.2. The van der Waals surface area contributed by atoms with Crippen LogP contribution in [0.1, 0.15) is 11.4 Å². The minimum absolute atomic E-state index is 0.287. The zero-order valence-corrected chi connectivity index (χ0v) is 10.5. The van der Waals surface area contributed by atoms with Gasteiger partial charge in [0.15, 0.2) is 5.82 Å². The molecular formula is C14H9ClFN3. The standard InChI is InChI=1S/C14H9ClFN3/c15-10(7-9-3-2-6-17-8-9)14-18-12-5-1-4-11(16)13(12)19-14/h1-8H,(H,18,19)/b10-7-. The number of halogens is 2. The Kier molecular flexibility index (Phi) is 3.01. The molecule has 0 amide bonds. The third-order valence-electron chi connectivity index (χ3n) is 2.67. The number of nitrogens with one attached hydrogen (secondary N) is 1. The topological polar surface area (TPSA) is 41.6 Å². The molecule has 0 saturated heterocycles. The second-order valence-electron chi connectivity index (χ2n) is 4.00. The van der Waals surface area contributed by atoms with Crippen molar-refractivity contribution in [2.75, 3.05) is 0 Å². The Labute approximate surface area is 113 Å². The molecule has 0 bridgehead atoms. The van der Waals surface area contributed by atoms with Gasteiger partial charge in [0, 0.05) is 12.4 Å². The minimum atomic E-state index is -0.370. The highest BCUT2D eigenvalue weighted by Crippen LogP contribution is 2.23. The van der Waals surface area contributed by atoms with Gasteiger partial charge in [-0.2, -0.15) is 0 Å². The highest BCUT2D eigenvalue weighted by molar-refractivity contribution is 6.50. The molecule has 94 valence electrons. The first-order valence-corrected chi connectivity index (χ1v) is 6.03. The molecule has 5 heteroatoms. The summed E-state index contributed by atoms with van der Waals surface area (Å²) in [6.45, 7) is 0. The van der Waals surface area contributed by atoms with E-state index in [1.807, 2.05) is 12.1 Å². The number of pyridine rings is 1. The number of para-hydroxylation sites is 1. The molecule has 1 N–H and O–H groups in total. The molecule has 0 aliphatic heterocycles. The largest absolute Gasteiger partial charge is 0.337 e. The lowest BCUT2D eigenvalue weighted by molar-refractivity contribution is 0.637. The van der Waals surface area contributed by atoms with Gasteiger partial charge >= 0.3 is 0 Å². The average Bonchev–Trinajstić information content (AvgIpc) is 2.85. The second-order valence-corrected chi connectivity index (χ2v) is 4.41. The number of nitrogens with zero attached hydrogens (tertiary/aromatic N) is 2. The van der Waals surface area contributed by atoms with Crippen molar-refractivity contribution < 1.29 is 4.39 Å². The molecule has 0 aliphatic carbocycles. The Hall–Kier alpha value is -2.20. The molecule has 0 radical (unpaired) electrons. The van der Waals surface area contributed by atoms with Crippen molar-refractivity contribution in [1.29, 1.82) is 0 Å². The summed E-state index contributed by atoms with van der Waals surface area (Å²) in [5.41, 5.74) is 1.76. The number of hydrogen-bond donors (Lipinski definition) is 1. The highest BCUT2D eigenvalue weighted by Gasteiger charge is 2.09. The van der Waals surface area contributed by atoms with Gasteiger partial charge in [-0.05, 0) is 29.8 Å². The van der Waals surface area contributed by atoms with Gasteiger partial charge in [-0.25, -0.2) is 9.37 Å². The van der Waals surface area contributed by atoms with Crippen LogP contribution in [0, 0.1) is 5.82 Å². The van der Waals surface area contributed by atoms with Gasteiger partial charge in [-0.1, -0.05) is 23.7 Å². The molecule has 3 nitrogen and oxygen atoms in total. The van der Waals surface area contributed by atoms with Crippen LogP contribution in [0.15, 0.2) is 42.7 Å². The minimum Gasteiger partial charge on any atom is -0.337 e. The maximum atomic E-state index is 13.5. The summed E-state index contributed by atoms with van der Waals surface area (Å²) in [5.74, 6) is 0.0662. The zero-order valence-electron chi connectivity index (χ0n) is 9.77. The second kappa shape index (κ2) is 4.82. The molecule has 0 fully saturated rings. The van der Waals surface area contributed by atoms with Crippen molar-refractivity contribution in [2.24, 2.45) is 0 Å². The molecule has 1 aromatic carbocycles. The predicted octanol–water partition coefficient (Wildman–Crippen LogP) is 3.83. The summed E-state index contributed by atoms with van der Waals surface area (Å²) in [5, 5.41) is 0.406. The smallest absolute Gasteiger partial charge is 0.151 e. The summed E-state index contributed by atoms with van der Waals surface area (Å²) in [6.07, 6.45) is 5.09. The van der Waals surface area contributed by atoms with E-state index in [2.05, 4.69) is 15.0 Å². The lowest BCUT2D eigenvalue weighted by Crippen LogP contribution is -1.81. The molecule has 0 saturated carbocycles. The quantitative estimate of drug-likeness (QED) is 0.771. The van der Waals surface area contributed by atoms with Gasteiger partial charge in [0.05, 0.1) is 10.5 Å². The number of H-pyrrole nitrogens is 1. The van der Waals surface area contributed by atoms with Gasteiger partial charge in [0.25, 0.3) is 0 Å². The number of rotatable bonds is 2. The van der Waals surface area contributed by atoms with E-state index in [4.69, 9.17) is 11.6 Å². The summed E-state index contributed by atoms with van der Waals surface area (Å²) >= 11 is 6.18. The maximum absolute atomic E-state index is 13.5. The Morgan fingerprint density at radius 2 is 2.16 bits per heavy atom. The summed E-state index contributed by atoms with van der Waals surface area (Å²) in [4.78, 5) is 11.1. The zero-order chi connectivity index (χ0) is 13.2. The van der Waals surface area contributed by atoms with Crippen LogP contribution in [0.25, 0.3) is 22.1 Å². The van der Waals surface area contributed by atoms with E-state index < -0.39 is 0 Å². The Bertz CT molecular complexity index is 750. The number of fused-ring (bicyclic) bond motifs is 1. The molecule has 0 unspecified atom stereocenters. The lowest BCUT2D eigenvalue weighted by Gasteiger charge is -1.94. The predicted molar refractivity (Wildman–Crippen MR) is 74.0 cm³/mol. The first-order valence-electron chi connectivity index (χ1n) is 5.66. The van der Waals surface area contributed by atoms with Crippen molar-refractivity contribution in [3.8, 4) is 0 Å².